The van der Waals surface area contributed by atoms with Crippen LogP contribution in [0.1, 0.15) is 213 Å². The van der Waals surface area contributed by atoms with Crippen molar-refractivity contribution in [2.75, 3.05) is 13.2 Å². The van der Waals surface area contributed by atoms with Crippen LogP contribution in [0.4, 0.5) is 0 Å². The van der Waals surface area contributed by atoms with E-state index in [0.29, 0.717) is 12.8 Å². The van der Waals surface area contributed by atoms with Crippen LogP contribution in [0.15, 0.2) is 12.2 Å². The van der Waals surface area contributed by atoms with Gasteiger partial charge in [-0.1, -0.05) is 180 Å². The summed E-state index contributed by atoms with van der Waals surface area (Å²) in [5.74, 6) is -0.153. The largest absolute Gasteiger partial charge is 0.394 e. The third-order valence-corrected chi connectivity index (χ3v) is 11.1. The minimum atomic E-state index is -1.55. The van der Waals surface area contributed by atoms with Crippen molar-refractivity contribution in [3.63, 3.8) is 0 Å². The van der Waals surface area contributed by atoms with E-state index in [4.69, 9.17) is 9.47 Å². The van der Waals surface area contributed by atoms with Gasteiger partial charge in [0.05, 0.1) is 25.4 Å². The van der Waals surface area contributed by atoms with Crippen molar-refractivity contribution in [3.05, 3.63) is 12.2 Å². The maximum Gasteiger partial charge on any atom is 0.220 e. The molecule has 6 N–H and O–H groups in total. The average molecular weight is 770 g/mol. The smallest absolute Gasteiger partial charge is 0.220 e. The van der Waals surface area contributed by atoms with E-state index in [0.717, 1.165) is 51.4 Å². The number of carbonyl (C=O) groups is 1. The van der Waals surface area contributed by atoms with E-state index in [9.17, 15) is 30.3 Å². The van der Waals surface area contributed by atoms with Gasteiger partial charge in [0.15, 0.2) is 6.29 Å². The second-order valence-corrected chi connectivity index (χ2v) is 16.2. The van der Waals surface area contributed by atoms with Crippen molar-refractivity contribution in [2.24, 2.45) is 0 Å². The second kappa shape index (κ2) is 36.3. The molecule has 9 nitrogen and oxygen atoms in total. The lowest BCUT2D eigenvalue weighted by molar-refractivity contribution is -0.302. The summed E-state index contributed by atoms with van der Waals surface area (Å²) in [6, 6.07) is -0.718. The van der Waals surface area contributed by atoms with Crippen LogP contribution in [0, 0.1) is 0 Å². The van der Waals surface area contributed by atoms with Gasteiger partial charge >= 0.3 is 0 Å². The van der Waals surface area contributed by atoms with Gasteiger partial charge in [-0.05, 0) is 38.5 Å². The first-order valence-electron chi connectivity index (χ1n) is 22.9. The van der Waals surface area contributed by atoms with Gasteiger partial charge in [0.25, 0.3) is 0 Å². The Morgan fingerprint density at radius 3 is 1.54 bits per heavy atom. The van der Waals surface area contributed by atoms with E-state index < -0.39 is 49.5 Å². The van der Waals surface area contributed by atoms with Crippen LogP contribution in [-0.2, 0) is 14.3 Å². The fourth-order valence-corrected chi connectivity index (χ4v) is 7.39. The molecule has 320 valence electrons. The van der Waals surface area contributed by atoms with E-state index in [-0.39, 0.29) is 12.5 Å². The highest BCUT2D eigenvalue weighted by Gasteiger charge is 2.44. The zero-order chi connectivity index (χ0) is 39.5. The van der Waals surface area contributed by atoms with Gasteiger partial charge in [-0.2, -0.15) is 0 Å². The summed E-state index contributed by atoms with van der Waals surface area (Å²) < 4.78 is 11.2. The van der Waals surface area contributed by atoms with Gasteiger partial charge in [0.2, 0.25) is 5.91 Å². The Balaban J connectivity index is 2.31. The molecule has 7 atom stereocenters. The Kier molecular flexibility index (Phi) is 34.2. The number of hydrogen-bond acceptors (Lipinski definition) is 8. The fourth-order valence-electron chi connectivity index (χ4n) is 7.39. The first-order valence-corrected chi connectivity index (χ1v) is 22.9. The van der Waals surface area contributed by atoms with Crippen LogP contribution in [-0.4, -0.2) is 87.5 Å². The van der Waals surface area contributed by atoms with Crippen molar-refractivity contribution < 1.29 is 39.8 Å². The number of aliphatic hydroxyl groups excluding tert-OH is 5. The number of amides is 1. The Morgan fingerprint density at radius 1 is 0.611 bits per heavy atom. The van der Waals surface area contributed by atoms with Crippen LogP contribution < -0.4 is 5.32 Å². The molecule has 1 aliphatic rings. The fraction of sp³-hybridized carbons (Fsp3) is 0.933. The molecular formula is C45H87NO8. The van der Waals surface area contributed by atoms with Gasteiger partial charge in [0.1, 0.15) is 24.4 Å². The van der Waals surface area contributed by atoms with E-state index in [2.05, 4.69) is 31.3 Å². The number of rotatable bonds is 38. The Labute approximate surface area is 331 Å². The molecule has 1 aliphatic heterocycles. The van der Waals surface area contributed by atoms with Crippen LogP contribution in [0.25, 0.3) is 0 Å². The predicted molar refractivity (Wildman–Crippen MR) is 221 cm³/mol. The lowest BCUT2D eigenvalue weighted by atomic mass is 9.99. The van der Waals surface area contributed by atoms with Crippen molar-refractivity contribution in [1.82, 2.24) is 5.32 Å². The molecule has 1 saturated heterocycles. The summed E-state index contributed by atoms with van der Waals surface area (Å²) in [4.78, 5) is 12.9. The van der Waals surface area contributed by atoms with Gasteiger partial charge in [-0.3, -0.25) is 4.79 Å². The molecule has 9 heteroatoms. The SMILES string of the molecule is CCCCC/C=C\CCCCCCCC(=O)NC(COC1OC(CO)C(O)C(O)C1O)C(O)CCCCCCCCCCCCCCCCCCCCC. The molecule has 0 aromatic heterocycles. The highest BCUT2D eigenvalue weighted by atomic mass is 16.7. The van der Waals surface area contributed by atoms with Crippen molar-refractivity contribution in [1.29, 1.82) is 0 Å². The Morgan fingerprint density at radius 2 is 1.04 bits per heavy atom. The number of ether oxygens (including phenoxy) is 2. The summed E-state index contributed by atoms with van der Waals surface area (Å²) >= 11 is 0. The zero-order valence-electron chi connectivity index (χ0n) is 35.0. The number of nitrogens with one attached hydrogen (secondary N) is 1. The van der Waals surface area contributed by atoms with E-state index in [1.165, 1.54) is 135 Å². The van der Waals surface area contributed by atoms with E-state index in [1.807, 2.05) is 0 Å². The topological polar surface area (TPSA) is 149 Å². The van der Waals surface area contributed by atoms with Crippen LogP contribution in [0.3, 0.4) is 0 Å². The normalized spacial score (nSPS) is 21.5. The average Bonchev–Trinajstić information content (AvgIpc) is 3.17. The van der Waals surface area contributed by atoms with Crippen molar-refractivity contribution in [3.8, 4) is 0 Å². The first kappa shape index (κ1) is 50.9. The number of allylic oxidation sites excluding steroid dienone is 2. The van der Waals surface area contributed by atoms with Gasteiger partial charge in [0, 0.05) is 6.42 Å². The molecule has 1 fully saturated rings. The van der Waals surface area contributed by atoms with Gasteiger partial charge in [-0.15, -0.1) is 0 Å². The summed E-state index contributed by atoms with van der Waals surface area (Å²) in [6.07, 6.45) is 33.6. The van der Waals surface area contributed by atoms with Crippen molar-refractivity contribution in [2.45, 2.75) is 256 Å². The van der Waals surface area contributed by atoms with Gasteiger partial charge in [-0.25, -0.2) is 0 Å². The maximum absolute atomic E-state index is 12.9. The standard InChI is InChI=1S/C45H87NO8/c1-3-5-7-9-11-13-15-17-18-19-20-21-22-23-24-26-28-30-32-34-39(48)38(37-53-45-44(52)43(51)42(50)40(36-47)54-45)46-41(49)35-33-31-29-27-25-16-14-12-10-8-6-4-2/h12,14,38-40,42-45,47-48,50-52H,3-11,13,15-37H2,1-2H3,(H,46,49)/b14-12-. The van der Waals surface area contributed by atoms with Crippen LogP contribution in [0.5, 0.6) is 0 Å². The number of unbranched alkanes of at least 4 members (excludes halogenated alkanes) is 26. The monoisotopic (exact) mass is 770 g/mol. The van der Waals surface area contributed by atoms with E-state index in [1.54, 1.807) is 0 Å². The van der Waals surface area contributed by atoms with E-state index >= 15 is 0 Å². The molecule has 0 saturated carbocycles. The predicted octanol–water partition coefficient (Wildman–Crippen LogP) is 9.34. The van der Waals surface area contributed by atoms with Crippen LogP contribution in [0.2, 0.25) is 0 Å². The molecule has 0 spiro atoms. The third kappa shape index (κ3) is 26.7. The summed E-state index contributed by atoms with van der Waals surface area (Å²) in [5, 5.41) is 54.3. The zero-order valence-corrected chi connectivity index (χ0v) is 35.0. The quantitative estimate of drug-likeness (QED) is 0.0269. The molecule has 0 aromatic rings. The highest BCUT2D eigenvalue weighted by molar-refractivity contribution is 5.76. The highest BCUT2D eigenvalue weighted by Crippen LogP contribution is 2.23. The molecular weight excluding hydrogens is 682 g/mol. The second-order valence-electron chi connectivity index (χ2n) is 16.2. The molecule has 0 radical (unpaired) electrons. The lowest BCUT2D eigenvalue weighted by Gasteiger charge is -2.40. The minimum absolute atomic E-state index is 0.138. The maximum atomic E-state index is 12.9. The van der Waals surface area contributed by atoms with Crippen LogP contribution >= 0.6 is 0 Å². The summed E-state index contributed by atoms with van der Waals surface area (Å²) in [6.45, 7) is 3.81. The molecule has 54 heavy (non-hydrogen) atoms. The Bertz CT molecular complexity index is 858. The minimum Gasteiger partial charge on any atom is -0.394 e. The third-order valence-electron chi connectivity index (χ3n) is 11.1. The summed E-state index contributed by atoms with van der Waals surface area (Å²) in [5.41, 5.74) is 0. The molecule has 1 amide bonds. The number of aliphatic hydroxyl groups is 5. The number of carbonyl (C=O) groups excluding carboxylic acids is 1. The molecule has 0 aliphatic carbocycles. The van der Waals surface area contributed by atoms with Gasteiger partial charge < -0.3 is 40.3 Å². The van der Waals surface area contributed by atoms with Crippen molar-refractivity contribution >= 4 is 5.91 Å². The first-order chi connectivity index (χ1) is 26.3. The Hall–Kier alpha value is -1.07. The number of hydrogen-bond donors (Lipinski definition) is 6. The summed E-state index contributed by atoms with van der Waals surface area (Å²) in [7, 11) is 0. The molecule has 1 heterocycles. The lowest BCUT2D eigenvalue weighted by Crippen LogP contribution is -2.60. The molecule has 7 unspecified atom stereocenters. The molecule has 1 rings (SSSR count). The molecule has 0 aromatic carbocycles. The molecule has 0 bridgehead atoms.